The third-order valence-electron chi connectivity index (χ3n) is 3.92. The van der Waals surface area contributed by atoms with Crippen LogP contribution in [0.1, 0.15) is 40.0 Å². The second-order valence-corrected chi connectivity index (χ2v) is 5.55. The molecule has 0 amide bonds. The van der Waals surface area contributed by atoms with Crippen molar-refractivity contribution in [2.45, 2.75) is 46.1 Å². The van der Waals surface area contributed by atoms with Gasteiger partial charge in [-0.1, -0.05) is 39.3 Å². The minimum absolute atomic E-state index is 0.543. The first-order valence-electron chi connectivity index (χ1n) is 7.59. The Morgan fingerprint density at radius 3 is 2.70 bits per heavy atom. The molecule has 20 heavy (non-hydrogen) atoms. The van der Waals surface area contributed by atoms with Crippen LogP contribution in [0.4, 0.5) is 5.69 Å². The maximum absolute atomic E-state index is 4.01. The Hall–Kier alpha value is -1.77. The SMILES string of the molecule is CCC(C)CC(CC)Nc1cccc(-c2ccn[nH]2)c1. The normalized spacial score (nSPS) is 13.9. The van der Waals surface area contributed by atoms with Gasteiger partial charge in [0.1, 0.15) is 0 Å². The highest BCUT2D eigenvalue weighted by Gasteiger charge is 2.10. The van der Waals surface area contributed by atoms with E-state index in [1.165, 1.54) is 24.1 Å². The lowest BCUT2D eigenvalue weighted by Crippen LogP contribution is -2.21. The topological polar surface area (TPSA) is 40.7 Å². The highest BCUT2D eigenvalue weighted by molar-refractivity contribution is 5.64. The van der Waals surface area contributed by atoms with Gasteiger partial charge in [0.2, 0.25) is 0 Å². The molecule has 3 heteroatoms. The van der Waals surface area contributed by atoms with Crippen molar-refractivity contribution in [3.63, 3.8) is 0 Å². The van der Waals surface area contributed by atoms with Gasteiger partial charge in [-0.3, -0.25) is 5.10 Å². The summed E-state index contributed by atoms with van der Waals surface area (Å²) in [4.78, 5) is 0. The summed E-state index contributed by atoms with van der Waals surface area (Å²) >= 11 is 0. The standard InChI is InChI=1S/C17H25N3/c1-4-13(3)11-15(5-2)19-16-8-6-7-14(12-16)17-9-10-18-20-17/h6-10,12-13,15,19H,4-5,11H2,1-3H3,(H,18,20). The van der Waals surface area contributed by atoms with Crippen molar-refractivity contribution < 1.29 is 0 Å². The molecule has 2 N–H and O–H groups in total. The molecule has 0 aliphatic heterocycles. The van der Waals surface area contributed by atoms with Crippen LogP contribution in [-0.4, -0.2) is 16.2 Å². The lowest BCUT2D eigenvalue weighted by molar-refractivity contribution is 0.462. The van der Waals surface area contributed by atoms with Crippen molar-refractivity contribution in [3.05, 3.63) is 36.5 Å². The van der Waals surface area contributed by atoms with E-state index in [0.717, 1.165) is 18.0 Å². The maximum atomic E-state index is 4.01. The summed E-state index contributed by atoms with van der Waals surface area (Å²) in [7, 11) is 0. The monoisotopic (exact) mass is 271 g/mol. The largest absolute Gasteiger partial charge is 0.382 e. The molecule has 2 rings (SSSR count). The fourth-order valence-corrected chi connectivity index (χ4v) is 2.41. The summed E-state index contributed by atoms with van der Waals surface area (Å²) in [5.74, 6) is 0.767. The van der Waals surface area contributed by atoms with Gasteiger partial charge in [-0.2, -0.15) is 5.10 Å². The van der Waals surface area contributed by atoms with Crippen molar-refractivity contribution in [1.82, 2.24) is 10.2 Å². The first-order chi connectivity index (χ1) is 9.72. The molecule has 3 nitrogen and oxygen atoms in total. The minimum atomic E-state index is 0.543. The van der Waals surface area contributed by atoms with E-state index in [1.54, 1.807) is 6.20 Å². The third-order valence-corrected chi connectivity index (χ3v) is 3.92. The minimum Gasteiger partial charge on any atom is -0.382 e. The van der Waals surface area contributed by atoms with E-state index in [9.17, 15) is 0 Å². The van der Waals surface area contributed by atoms with Crippen molar-refractivity contribution in [2.75, 3.05) is 5.32 Å². The first kappa shape index (κ1) is 14.6. The second-order valence-electron chi connectivity index (χ2n) is 5.55. The molecular formula is C17H25N3. The van der Waals surface area contributed by atoms with Crippen molar-refractivity contribution >= 4 is 5.69 Å². The molecule has 0 aliphatic carbocycles. The molecule has 2 aromatic rings. The quantitative estimate of drug-likeness (QED) is 0.766. The van der Waals surface area contributed by atoms with Gasteiger partial charge < -0.3 is 5.32 Å². The highest BCUT2D eigenvalue weighted by atomic mass is 15.1. The summed E-state index contributed by atoms with van der Waals surface area (Å²) in [5.41, 5.74) is 3.42. The fraction of sp³-hybridized carbons (Fsp3) is 0.471. The Kier molecular flexibility index (Phi) is 5.22. The zero-order valence-electron chi connectivity index (χ0n) is 12.7. The lowest BCUT2D eigenvalue weighted by atomic mass is 9.97. The summed E-state index contributed by atoms with van der Waals surface area (Å²) < 4.78 is 0. The summed E-state index contributed by atoms with van der Waals surface area (Å²) in [6, 6.07) is 11.1. The molecule has 2 atom stereocenters. The van der Waals surface area contributed by atoms with E-state index in [4.69, 9.17) is 0 Å². The Bertz CT molecular complexity index is 505. The van der Waals surface area contributed by atoms with Crippen LogP contribution in [0, 0.1) is 5.92 Å². The van der Waals surface area contributed by atoms with Gasteiger partial charge in [0.05, 0.1) is 5.69 Å². The molecular weight excluding hydrogens is 246 g/mol. The van der Waals surface area contributed by atoms with Gasteiger partial charge in [0, 0.05) is 23.5 Å². The summed E-state index contributed by atoms with van der Waals surface area (Å²) in [6.07, 6.45) is 5.40. The summed E-state index contributed by atoms with van der Waals surface area (Å²) in [6.45, 7) is 6.83. The molecule has 1 heterocycles. The van der Waals surface area contributed by atoms with Crippen LogP contribution in [0.15, 0.2) is 36.5 Å². The average Bonchev–Trinajstić information content (AvgIpc) is 3.01. The van der Waals surface area contributed by atoms with E-state index in [2.05, 4.69) is 60.6 Å². The highest BCUT2D eigenvalue weighted by Crippen LogP contribution is 2.22. The molecule has 108 valence electrons. The van der Waals surface area contributed by atoms with Gasteiger partial charge in [0.15, 0.2) is 0 Å². The van der Waals surface area contributed by atoms with Crippen LogP contribution < -0.4 is 5.32 Å². The molecule has 0 aliphatic rings. The summed E-state index contributed by atoms with van der Waals surface area (Å²) in [5, 5.41) is 10.7. The van der Waals surface area contributed by atoms with Crippen molar-refractivity contribution in [2.24, 2.45) is 5.92 Å². The molecule has 0 radical (unpaired) electrons. The van der Waals surface area contributed by atoms with Gasteiger partial charge in [-0.25, -0.2) is 0 Å². The van der Waals surface area contributed by atoms with E-state index in [1.807, 2.05) is 6.07 Å². The number of hydrogen-bond donors (Lipinski definition) is 2. The van der Waals surface area contributed by atoms with Crippen LogP contribution >= 0.6 is 0 Å². The number of aromatic nitrogens is 2. The van der Waals surface area contributed by atoms with E-state index in [-0.39, 0.29) is 0 Å². The van der Waals surface area contributed by atoms with E-state index in [0.29, 0.717) is 6.04 Å². The van der Waals surface area contributed by atoms with E-state index >= 15 is 0 Å². The predicted octanol–water partition coefficient (Wildman–Crippen LogP) is 4.70. The second kappa shape index (κ2) is 7.13. The number of nitrogens with zero attached hydrogens (tertiary/aromatic N) is 1. The Labute approximate surface area is 121 Å². The average molecular weight is 271 g/mol. The number of hydrogen-bond acceptors (Lipinski definition) is 2. The zero-order valence-corrected chi connectivity index (χ0v) is 12.7. The molecule has 1 aromatic heterocycles. The predicted molar refractivity (Wildman–Crippen MR) is 85.8 cm³/mol. The molecule has 0 saturated heterocycles. The zero-order chi connectivity index (χ0) is 14.4. The van der Waals surface area contributed by atoms with Crippen LogP contribution in [0.2, 0.25) is 0 Å². The van der Waals surface area contributed by atoms with E-state index < -0.39 is 0 Å². The number of nitrogens with one attached hydrogen (secondary N) is 2. The molecule has 1 aromatic carbocycles. The maximum Gasteiger partial charge on any atom is 0.0650 e. The molecule has 2 unspecified atom stereocenters. The number of aromatic amines is 1. The molecule has 0 saturated carbocycles. The Morgan fingerprint density at radius 2 is 2.05 bits per heavy atom. The number of rotatable bonds is 7. The van der Waals surface area contributed by atoms with Crippen molar-refractivity contribution in [3.8, 4) is 11.3 Å². The Morgan fingerprint density at radius 1 is 1.20 bits per heavy atom. The van der Waals surface area contributed by atoms with Crippen LogP contribution in [-0.2, 0) is 0 Å². The lowest BCUT2D eigenvalue weighted by Gasteiger charge is -2.21. The van der Waals surface area contributed by atoms with Gasteiger partial charge in [-0.15, -0.1) is 0 Å². The third kappa shape index (κ3) is 3.86. The van der Waals surface area contributed by atoms with Gasteiger partial charge in [0.25, 0.3) is 0 Å². The van der Waals surface area contributed by atoms with Crippen LogP contribution in [0.25, 0.3) is 11.3 Å². The van der Waals surface area contributed by atoms with Crippen LogP contribution in [0.5, 0.6) is 0 Å². The van der Waals surface area contributed by atoms with Crippen molar-refractivity contribution in [1.29, 1.82) is 0 Å². The molecule has 0 bridgehead atoms. The Balaban J connectivity index is 2.07. The first-order valence-corrected chi connectivity index (χ1v) is 7.59. The molecule has 0 spiro atoms. The van der Waals surface area contributed by atoms with Crippen LogP contribution in [0.3, 0.4) is 0 Å². The smallest absolute Gasteiger partial charge is 0.0650 e. The van der Waals surface area contributed by atoms with Gasteiger partial charge in [-0.05, 0) is 37.0 Å². The fourth-order valence-electron chi connectivity index (χ4n) is 2.41. The number of anilines is 1. The molecule has 0 fully saturated rings. The number of benzene rings is 1. The number of H-pyrrole nitrogens is 1. The van der Waals surface area contributed by atoms with Gasteiger partial charge >= 0.3 is 0 Å².